The zero-order valence-electron chi connectivity index (χ0n) is 28.0. The molecule has 3 heteroatoms. The summed E-state index contributed by atoms with van der Waals surface area (Å²) in [5, 5.41) is 0. The summed E-state index contributed by atoms with van der Waals surface area (Å²) in [6, 6.07) is 24.2. The molecule has 0 aliphatic heterocycles. The van der Waals surface area contributed by atoms with Gasteiger partial charge in [-0.3, -0.25) is 0 Å². The number of hydrogen-bond donors (Lipinski definition) is 0. The van der Waals surface area contributed by atoms with Crippen molar-refractivity contribution in [2.75, 3.05) is 6.61 Å². The Morgan fingerprint density at radius 1 is 0.568 bits per heavy atom. The van der Waals surface area contributed by atoms with E-state index in [2.05, 4.69) is 57.2 Å². The summed E-state index contributed by atoms with van der Waals surface area (Å²) in [6.07, 6.45) is 22.3. The molecule has 240 valence electrons. The van der Waals surface area contributed by atoms with Crippen molar-refractivity contribution in [2.24, 2.45) is 0 Å². The van der Waals surface area contributed by atoms with Crippen molar-refractivity contribution in [1.82, 2.24) is 0 Å². The van der Waals surface area contributed by atoms with Crippen LogP contribution in [0.5, 0.6) is 5.75 Å². The maximum absolute atomic E-state index is 12.7. The van der Waals surface area contributed by atoms with Crippen LogP contribution in [0.4, 0.5) is 0 Å². The topological polar surface area (TPSA) is 35.5 Å². The van der Waals surface area contributed by atoms with Crippen molar-refractivity contribution >= 4 is 5.97 Å². The van der Waals surface area contributed by atoms with Crippen LogP contribution in [0.2, 0.25) is 0 Å². The summed E-state index contributed by atoms with van der Waals surface area (Å²) in [5.41, 5.74) is 5.29. The molecule has 3 nitrogen and oxygen atoms in total. The number of carbonyl (C=O) groups excluding carboxylic acids is 1. The minimum atomic E-state index is -0.319. The molecule has 0 bridgehead atoms. The molecule has 0 fully saturated rings. The Labute approximate surface area is 268 Å². The van der Waals surface area contributed by atoms with Crippen LogP contribution < -0.4 is 4.74 Å². The molecule has 44 heavy (non-hydrogen) atoms. The van der Waals surface area contributed by atoms with E-state index in [0.29, 0.717) is 11.3 Å². The van der Waals surface area contributed by atoms with Crippen LogP contribution >= 0.6 is 0 Å². The first-order valence-electron chi connectivity index (χ1n) is 17.7. The molecule has 3 aromatic rings. The number of carbonyl (C=O) groups is 1. The Bertz CT molecular complexity index is 1150. The van der Waals surface area contributed by atoms with Gasteiger partial charge in [0, 0.05) is 6.61 Å². The van der Waals surface area contributed by atoms with Crippen LogP contribution in [0.3, 0.4) is 0 Å². The van der Waals surface area contributed by atoms with Crippen LogP contribution in [0, 0.1) is 0 Å². The van der Waals surface area contributed by atoms with Crippen molar-refractivity contribution in [3.05, 3.63) is 89.5 Å². The third-order valence-corrected chi connectivity index (χ3v) is 8.65. The third kappa shape index (κ3) is 13.8. The highest BCUT2D eigenvalue weighted by molar-refractivity contribution is 5.91. The van der Waals surface area contributed by atoms with Crippen molar-refractivity contribution in [3.8, 4) is 16.9 Å². The van der Waals surface area contributed by atoms with Gasteiger partial charge in [0.15, 0.2) is 0 Å². The van der Waals surface area contributed by atoms with Crippen LogP contribution in [-0.4, -0.2) is 12.6 Å². The SMILES string of the molecule is CCCCCCCCCCCCOC(C)c1ccc(-c2ccc(OC(=O)c3ccc(CCCCCCCC)cc3)cc2)cc1. The minimum absolute atomic E-state index is 0.0917. The first-order chi connectivity index (χ1) is 21.6. The van der Waals surface area contributed by atoms with E-state index in [0.717, 1.165) is 30.6 Å². The van der Waals surface area contributed by atoms with E-state index in [4.69, 9.17) is 9.47 Å². The van der Waals surface area contributed by atoms with Gasteiger partial charge in [-0.15, -0.1) is 0 Å². The second-order valence-corrected chi connectivity index (χ2v) is 12.4. The lowest BCUT2D eigenvalue weighted by Gasteiger charge is -2.14. The van der Waals surface area contributed by atoms with E-state index in [9.17, 15) is 4.79 Å². The van der Waals surface area contributed by atoms with Gasteiger partial charge in [0.25, 0.3) is 0 Å². The zero-order valence-corrected chi connectivity index (χ0v) is 28.0. The highest BCUT2D eigenvalue weighted by Crippen LogP contribution is 2.26. The lowest BCUT2D eigenvalue weighted by atomic mass is 10.0. The second kappa shape index (κ2) is 21.7. The first-order valence-corrected chi connectivity index (χ1v) is 17.7. The van der Waals surface area contributed by atoms with E-state index >= 15 is 0 Å². The summed E-state index contributed by atoms with van der Waals surface area (Å²) in [4.78, 5) is 12.7. The predicted octanol–water partition coefficient (Wildman–Crippen LogP) is 12.5. The highest BCUT2D eigenvalue weighted by atomic mass is 16.5. The van der Waals surface area contributed by atoms with E-state index in [1.165, 1.54) is 107 Å². The number of unbranched alkanes of at least 4 members (excludes halogenated alkanes) is 14. The first kappa shape index (κ1) is 35.6. The number of esters is 1. The summed E-state index contributed by atoms with van der Waals surface area (Å²) < 4.78 is 11.8. The maximum Gasteiger partial charge on any atom is 0.343 e. The molecule has 0 aliphatic carbocycles. The van der Waals surface area contributed by atoms with Crippen LogP contribution in [-0.2, 0) is 11.2 Å². The minimum Gasteiger partial charge on any atom is -0.423 e. The number of rotatable bonds is 23. The van der Waals surface area contributed by atoms with Gasteiger partial charge in [0.2, 0.25) is 0 Å². The fourth-order valence-electron chi connectivity index (χ4n) is 5.69. The molecular weight excluding hydrogens is 540 g/mol. The third-order valence-electron chi connectivity index (χ3n) is 8.65. The monoisotopic (exact) mass is 598 g/mol. The Morgan fingerprint density at radius 2 is 1.05 bits per heavy atom. The molecule has 0 aromatic heterocycles. The van der Waals surface area contributed by atoms with Crippen molar-refractivity contribution in [3.63, 3.8) is 0 Å². The fraction of sp³-hybridized carbons (Fsp3) is 0.537. The molecule has 0 aliphatic rings. The molecular formula is C41H58O3. The summed E-state index contributed by atoms with van der Waals surface area (Å²) >= 11 is 0. The van der Waals surface area contributed by atoms with Crippen LogP contribution in [0.25, 0.3) is 11.1 Å². The predicted molar refractivity (Wildman–Crippen MR) is 187 cm³/mol. The van der Waals surface area contributed by atoms with E-state index in [1.54, 1.807) is 0 Å². The summed E-state index contributed by atoms with van der Waals surface area (Å²) in [5.74, 6) is 0.237. The standard InChI is InChI=1S/C41H58O3/c1-4-6-8-10-12-13-14-15-17-19-33-43-34(3)36-25-27-37(28-26-36)38-29-31-40(32-30-38)44-41(42)39-23-21-35(22-24-39)20-18-16-11-9-7-5-2/h21-32,34H,4-20,33H2,1-3H3. The van der Waals surface area contributed by atoms with E-state index in [1.807, 2.05) is 36.4 Å². The van der Waals surface area contributed by atoms with Gasteiger partial charge >= 0.3 is 5.97 Å². The molecule has 0 saturated heterocycles. The Kier molecular flexibility index (Phi) is 17.6. The Balaban J connectivity index is 1.35. The van der Waals surface area contributed by atoms with Gasteiger partial charge < -0.3 is 9.47 Å². The van der Waals surface area contributed by atoms with Gasteiger partial charge in [0.1, 0.15) is 5.75 Å². The molecule has 3 rings (SSSR count). The molecule has 1 atom stereocenters. The Hall–Kier alpha value is -2.91. The quantitative estimate of drug-likeness (QED) is 0.0619. The highest BCUT2D eigenvalue weighted by Gasteiger charge is 2.10. The average Bonchev–Trinajstić information content (AvgIpc) is 3.06. The van der Waals surface area contributed by atoms with Gasteiger partial charge in [0.05, 0.1) is 11.7 Å². The number of benzene rings is 3. The molecule has 0 saturated carbocycles. The maximum atomic E-state index is 12.7. The van der Waals surface area contributed by atoms with Gasteiger partial charge in [-0.2, -0.15) is 0 Å². The molecule has 0 amide bonds. The Morgan fingerprint density at radius 3 is 1.59 bits per heavy atom. The van der Waals surface area contributed by atoms with Crippen molar-refractivity contribution in [2.45, 2.75) is 136 Å². The smallest absolute Gasteiger partial charge is 0.343 e. The second-order valence-electron chi connectivity index (χ2n) is 12.4. The van der Waals surface area contributed by atoms with Gasteiger partial charge in [-0.1, -0.05) is 152 Å². The largest absolute Gasteiger partial charge is 0.423 e. The summed E-state index contributed by atoms with van der Waals surface area (Å²) in [6.45, 7) is 7.48. The molecule has 0 radical (unpaired) electrons. The van der Waals surface area contributed by atoms with Crippen LogP contribution in [0.1, 0.15) is 151 Å². The number of aryl methyl sites for hydroxylation is 1. The molecule has 0 heterocycles. The van der Waals surface area contributed by atoms with Crippen LogP contribution in [0.15, 0.2) is 72.8 Å². The molecule has 0 spiro atoms. The number of ether oxygens (including phenoxy) is 2. The average molecular weight is 599 g/mol. The number of hydrogen-bond acceptors (Lipinski definition) is 3. The lowest BCUT2D eigenvalue weighted by molar-refractivity contribution is 0.0627. The normalized spacial score (nSPS) is 11.9. The summed E-state index contributed by atoms with van der Waals surface area (Å²) in [7, 11) is 0. The molecule has 3 aromatic carbocycles. The zero-order chi connectivity index (χ0) is 31.2. The van der Waals surface area contributed by atoms with Crippen molar-refractivity contribution < 1.29 is 14.3 Å². The van der Waals surface area contributed by atoms with E-state index < -0.39 is 0 Å². The van der Waals surface area contributed by atoms with Gasteiger partial charge in [-0.05, 0) is 72.7 Å². The lowest BCUT2D eigenvalue weighted by Crippen LogP contribution is -2.08. The van der Waals surface area contributed by atoms with Gasteiger partial charge in [-0.25, -0.2) is 4.79 Å². The molecule has 1 unspecified atom stereocenters. The fourth-order valence-corrected chi connectivity index (χ4v) is 5.69. The van der Waals surface area contributed by atoms with E-state index in [-0.39, 0.29) is 12.1 Å². The van der Waals surface area contributed by atoms with Crippen molar-refractivity contribution in [1.29, 1.82) is 0 Å². The molecule has 0 N–H and O–H groups in total.